The highest BCUT2D eigenvalue weighted by Gasteiger charge is 2.35. The Bertz CT molecular complexity index is 461. The van der Waals surface area contributed by atoms with Gasteiger partial charge >= 0.3 is 6.18 Å². The van der Waals surface area contributed by atoms with E-state index in [1.165, 1.54) is 0 Å². The Labute approximate surface area is 102 Å². The molecule has 1 aromatic rings. The first-order chi connectivity index (χ1) is 8.37. The van der Waals surface area contributed by atoms with E-state index in [4.69, 9.17) is 5.73 Å². The number of nitrogens with two attached hydrogens (primary N) is 1. The molecule has 1 amide bonds. The second-order valence-electron chi connectivity index (χ2n) is 4.11. The molecule has 1 atom stereocenters. The van der Waals surface area contributed by atoms with Crippen LogP contribution in [0.15, 0.2) is 24.3 Å². The largest absolute Gasteiger partial charge is 0.405 e. The van der Waals surface area contributed by atoms with Gasteiger partial charge in [0.15, 0.2) is 0 Å². The molecular formula is C11H12F3N3O. The molecular weight excluding hydrogens is 247 g/mol. The normalized spacial score (nSPS) is 19.1. The molecule has 98 valence electrons. The molecule has 0 bridgehead atoms. The average molecular weight is 259 g/mol. The van der Waals surface area contributed by atoms with Crippen molar-refractivity contribution in [2.24, 2.45) is 5.73 Å². The van der Waals surface area contributed by atoms with Gasteiger partial charge in [0.1, 0.15) is 12.6 Å². The van der Waals surface area contributed by atoms with Crippen LogP contribution in [0.5, 0.6) is 0 Å². The summed E-state index contributed by atoms with van der Waals surface area (Å²) in [7, 11) is 0. The molecule has 1 heterocycles. The molecule has 0 spiro atoms. The molecule has 4 nitrogen and oxygen atoms in total. The van der Waals surface area contributed by atoms with Crippen molar-refractivity contribution in [1.82, 2.24) is 0 Å². The van der Waals surface area contributed by atoms with E-state index >= 15 is 0 Å². The van der Waals surface area contributed by atoms with Crippen LogP contribution in [0.2, 0.25) is 0 Å². The van der Waals surface area contributed by atoms with E-state index in [1.54, 1.807) is 24.3 Å². The Balaban J connectivity index is 2.30. The monoisotopic (exact) mass is 259 g/mol. The maximum atomic E-state index is 12.5. The van der Waals surface area contributed by atoms with Crippen molar-refractivity contribution < 1.29 is 18.0 Å². The molecule has 0 unspecified atom stereocenters. The lowest BCUT2D eigenvalue weighted by atomic mass is 10.1. The zero-order chi connectivity index (χ0) is 13.3. The van der Waals surface area contributed by atoms with Crippen molar-refractivity contribution >= 4 is 17.3 Å². The predicted molar refractivity (Wildman–Crippen MR) is 61.3 cm³/mol. The first kappa shape index (κ1) is 12.5. The van der Waals surface area contributed by atoms with E-state index in [2.05, 4.69) is 5.32 Å². The van der Waals surface area contributed by atoms with Gasteiger partial charge in [-0.25, -0.2) is 0 Å². The topological polar surface area (TPSA) is 58.4 Å². The van der Waals surface area contributed by atoms with Crippen LogP contribution in [0, 0.1) is 0 Å². The molecule has 0 radical (unpaired) electrons. The number of halogens is 3. The van der Waals surface area contributed by atoms with Gasteiger partial charge in [-0.3, -0.25) is 4.79 Å². The number of rotatable bonds is 2. The van der Waals surface area contributed by atoms with Crippen molar-refractivity contribution in [3.8, 4) is 0 Å². The maximum Gasteiger partial charge on any atom is 0.405 e. The highest BCUT2D eigenvalue weighted by atomic mass is 19.4. The number of alkyl halides is 3. The van der Waals surface area contributed by atoms with E-state index in [9.17, 15) is 18.0 Å². The number of amides is 1. The van der Waals surface area contributed by atoms with Crippen LogP contribution >= 0.6 is 0 Å². The number of carbonyl (C=O) groups excluding carboxylic acids is 1. The lowest BCUT2D eigenvalue weighted by Crippen LogP contribution is -2.50. The summed E-state index contributed by atoms with van der Waals surface area (Å²) in [4.78, 5) is 12.2. The summed E-state index contributed by atoms with van der Waals surface area (Å²) in [5.74, 6) is -0.670. The van der Waals surface area contributed by atoms with E-state index in [0.29, 0.717) is 11.4 Å². The van der Waals surface area contributed by atoms with Gasteiger partial charge in [-0.15, -0.1) is 0 Å². The molecule has 1 aromatic carbocycles. The van der Waals surface area contributed by atoms with Crippen LogP contribution in [0.25, 0.3) is 0 Å². The van der Waals surface area contributed by atoms with Crippen molar-refractivity contribution in [2.75, 3.05) is 23.3 Å². The zero-order valence-corrected chi connectivity index (χ0v) is 9.37. The summed E-state index contributed by atoms with van der Waals surface area (Å²) in [5.41, 5.74) is 6.05. The number of carbonyl (C=O) groups is 1. The fourth-order valence-corrected chi connectivity index (χ4v) is 1.95. The van der Waals surface area contributed by atoms with Gasteiger partial charge < -0.3 is 16.0 Å². The number of para-hydroxylation sites is 2. The molecule has 18 heavy (non-hydrogen) atoms. The second-order valence-corrected chi connectivity index (χ2v) is 4.11. The van der Waals surface area contributed by atoms with Gasteiger partial charge in [-0.2, -0.15) is 13.2 Å². The molecule has 0 aliphatic carbocycles. The van der Waals surface area contributed by atoms with Crippen molar-refractivity contribution in [3.05, 3.63) is 24.3 Å². The van der Waals surface area contributed by atoms with Gasteiger partial charge in [-0.05, 0) is 12.1 Å². The maximum absolute atomic E-state index is 12.5. The molecule has 3 N–H and O–H groups in total. The Morgan fingerprint density at radius 3 is 2.72 bits per heavy atom. The molecule has 1 aliphatic heterocycles. The molecule has 0 aromatic heterocycles. The quantitative estimate of drug-likeness (QED) is 0.842. The number of nitrogens with one attached hydrogen (secondary N) is 1. The fourth-order valence-electron chi connectivity index (χ4n) is 1.95. The summed E-state index contributed by atoms with van der Waals surface area (Å²) in [6.07, 6.45) is -4.33. The minimum atomic E-state index is -4.33. The number of anilines is 2. The Kier molecular flexibility index (Phi) is 3.06. The van der Waals surface area contributed by atoms with Gasteiger partial charge in [-0.1, -0.05) is 12.1 Å². The second kappa shape index (κ2) is 4.40. The summed E-state index contributed by atoms with van der Waals surface area (Å²) < 4.78 is 37.5. The van der Waals surface area contributed by atoms with Gasteiger partial charge in [0.2, 0.25) is 5.91 Å². The van der Waals surface area contributed by atoms with Crippen LogP contribution in [0.4, 0.5) is 24.5 Å². The average Bonchev–Trinajstić information content (AvgIpc) is 2.26. The summed E-state index contributed by atoms with van der Waals surface area (Å²) in [5, 5.41) is 2.83. The third-order valence-corrected chi connectivity index (χ3v) is 2.69. The Morgan fingerprint density at radius 2 is 2.11 bits per heavy atom. The minimum Gasteiger partial charge on any atom is -0.371 e. The van der Waals surface area contributed by atoms with Gasteiger partial charge in [0, 0.05) is 6.54 Å². The highest BCUT2D eigenvalue weighted by Crippen LogP contribution is 2.32. The SMILES string of the molecule is NC(=O)[C@H]1CN(CC(F)(F)F)c2ccccc2N1. The Hall–Kier alpha value is -1.92. The van der Waals surface area contributed by atoms with E-state index in [-0.39, 0.29) is 6.54 Å². The highest BCUT2D eigenvalue weighted by molar-refractivity contribution is 5.87. The number of primary amides is 1. The summed E-state index contributed by atoms with van der Waals surface area (Å²) >= 11 is 0. The van der Waals surface area contributed by atoms with Gasteiger partial charge in [0.05, 0.1) is 11.4 Å². The molecule has 0 saturated carbocycles. The Morgan fingerprint density at radius 1 is 1.44 bits per heavy atom. The van der Waals surface area contributed by atoms with Crippen molar-refractivity contribution in [2.45, 2.75) is 12.2 Å². The third kappa shape index (κ3) is 2.66. The molecule has 0 fully saturated rings. The molecule has 7 heteroatoms. The van der Waals surface area contributed by atoms with Crippen LogP contribution in [-0.4, -0.2) is 31.2 Å². The van der Waals surface area contributed by atoms with Gasteiger partial charge in [0.25, 0.3) is 0 Å². The third-order valence-electron chi connectivity index (χ3n) is 2.69. The van der Waals surface area contributed by atoms with E-state index < -0.39 is 24.7 Å². The van der Waals surface area contributed by atoms with Crippen LogP contribution in [-0.2, 0) is 4.79 Å². The van der Waals surface area contributed by atoms with Crippen molar-refractivity contribution in [1.29, 1.82) is 0 Å². The number of hydrogen-bond acceptors (Lipinski definition) is 3. The standard InChI is InChI=1S/C11H12F3N3O/c12-11(13,14)6-17-5-8(10(15)18)16-7-3-1-2-4-9(7)17/h1-4,8,16H,5-6H2,(H2,15,18)/t8-/m1/s1. The minimum absolute atomic E-state index is 0.0914. The lowest BCUT2D eigenvalue weighted by molar-refractivity contribution is -0.122. The fraction of sp³-hybridized carbons (Fsp3) is 0.364. The number of fused-ring (bicyclic) bond motifs is 1. The summed E-state index contributed by atoms with van der Waals surface area (Å²) in [6, 6.07) is 5.71. The van der Waals surface area contributed by atoms with Crippen molar-refractivity contribution in [3.63, 3.8) is 0 Å². The number of benzene rings is 1. The number of nitrogens with zero attached hydrogens (tertiary/aromatic N) is 1. The molecule has 0 saturated heterocycles. The predicted octanol–water partition coefficient (Wildman–Crippen LogP) is 1.33. The van der Waals surface area contributed by atoms with Crippen LogP contribution in [0.3, 0.4) is 0 Å². The van der Waals surface area contributed by atoms with Crippen LogP contribution < -0.4 is 16.0 Å². The van der Waals surface area contributed by atoms with E-state index in [1.807, 2.05) is 0 Å². The first-order valence-electron chi connectivity index (χ1n) is 5.33. The van der Waals surface area contributed by atoms with E-state index in [0.717, 1.165) is 4.90 Å². The number of hydrogen-bond donors (Lipinski definition) is 2. The van der Waals surface area contributed by atoms with Crippen LogP contribution in [0.1, 0.15) is 0 Å². The molecule has 1 aliphatic rings. The lowest BCUT2D eigenvalue weighted by Gasteiger charge is -2.36. The first-order valence-corrected chi connectivity index (χ1v) is 5.33. The summed E-state index contributed by atoms with van der Waals surface area (Å²) in [6.45, 7) is -1.19. The smallest absolute Gasteiger partial charge is 0.371 e. The zero-order valence-electron chi connectivity index (χ0n) is 9.37. The molecule has 2 rings (SSSR count).